The van der Waals surface area contributed by atoms with Crippen molar-refractivity contribution in [1.82, 2.24) is 19.4 Å². The van der Waals surface area contributed by atoms with Crippen molar-refractivity contribution in [2.75, 3.05) is 20.1 Å². The van der Waals surface area contributed by atoms with Gasteiger partial charge in [0.05, 0.1) is 24.4 Å². The number of hydrogen-bond donors (Lipinski definition) is 0. The molecule has 0 N–H and O–H groups in total. The number of nitrogens with zero attached hydrogens (tertiary/aromatic N) is 5. The number of benzene rings is 1. The summed E-state index contributed by atoms with van der Waals surface area (Å²) in [6.45, 7) is 6.83. The fourth-order valence-electron chi connectivity index (χ4n) is 3.57. The van der Waals surface area contributed by atoms with E-state index >= 15 is 0 Å². The molecule has 0 aliphatic carbocycles. The molecule has 130 valence electrons. The van der Waals surface area contributed by atoms with Crippen LogP contribution in [0.2, 0.25) is 0 Å². The van der Waals surface area contributed by atoms with Crippen LogP contribution in [0.25, 0.3) is 5.69 Å². The summed E-state index contributed by atoms with van der Waals surface area (Å²) in [5, 5.41) is 9.20. The smallest absolute Gasteiger partial charge is 0.0991 e. The Balaban J connectivity index is 1.60. The van der Waals surface area contributed by atoms with Crippen LogP contribution >= 0.6 is 0 Å². The second kappa shape index (κ2) is 7.54. The molecule has 3 rings (SSSR count). The maximum absolute atomic E-state index is 9.20. The van der Waals surface area contributed by atoms with Crippen molar-refractivity contribution in [2.24, 2.45) is 0 Å². The van der Waals surface area contributed by atoms with E-state index in [9.17, 15) is 5.26 Å². The van der Waals surface area contributed by atoms with Gasteiger partial charge in [0.25, 0.3) is 0 Å². The molecule has 1 aliphatic heterocycles. The number of rotatable bonds is 6. The van der Waals surface area contributed by atoms with Gasteiger partial charge in [0.1, 0.15) is 0 Å². The summed E-state index contributed by atoms with van der Waals surface area (Å²) in [6, 6.07) is 11.0. The largest absolute Gasteiger partial charge is 0.374 e. The first kappa shape index (κ1) is 17.2. The number of aromatic nitrogens is 2. The lowest BCUT2D eigenvalue weighted by atomic mass is 9.83. The van der Waals surface area contributed by atoms with Gasteiger partial charge in [0, 0.05) is 44.8 Å². The van der Waals surface area contributed by atoms with E-state index in [1.165, 1.54) is 5.56 Å². The van der Waals surface area contributed by atoms with Crippen LogP contribution in [-0.2, 0) is 6.54 Å². The van der Waals surface area contributed by atoms with Gasteiger partial charge < -0.3 is 9.47 Å². The van der Waals surface area contributed by atoms with Crippen LogP contribution < -0.4 is 0 Å². The fourth-order valence-corrected chi connectivity index (χ4v) is 3.57. The summed E-state index contributed by atoms with van der Waals surface area (Å²) in [6.07, 6.45) is 9.95. The molecule has 0 spiro atoms. The summed E-state index contributed by atoms with van der Waals surface area (Å²) in [5.41, 5.74) is 2.38. The average molecular weight is 335 g/mol. The van der Waals surface area contributed by atoms with E-state index in [4.69, 9.17) is 0 Å². The van der Waals surface area contributed by atoms with Gasteiger partial charge in [0.15, 0.2) is 0 Å². The Labute approximate surface area is 149 Å². The van der Waals surface area contributed by atoms with Gasteiger partial charge in [-0.05, 0) is 36.7 Å². The van der Waals surface area contributed by atoms with Gasteiger partial charge in [-0.15, -0.1) is 0 Å². The van der Waals surface area contributed by atoms with Crippen LogP contribution in [0, 0.1) is 11.3 Å². The number of piperidine rings is 1. The normalized spacial score (nSPS) is 17.0. The lowest BCUT2D eigenvalue weighted by Crippen LogP contribution is -2.51. The van der Waals surface area contributed by atoms with Crippen molar-refractivity contribution < 1.29 is 0 Å². The average Bonchev–Trinajstić information content (AvgIpc) is 3.18. The minimum absolute atomic E-state index is 0.0573. The second-order valence-electron chi connectivity index (χ2n) is 6.77. The highest BCUT2D eigenvalue weighted by Gasteiger charge is 2.36. The molecule has 1 aliphatic rings. The summed E-state index contributed by atoms with van der Waals surface area (Å²) in [5.74, 6) is 0. The molecular formula is C20H25N5. The molecule has 1 saturated heterocycles. The molecule has 5 heteroatoms. The van der Waals surface area contributed by atoms with Crippen LogP contribution in [0.5, 0.6) is 0 Å². The minimum atomic E-state index is -0.0573. The Morgan fingerprint density at radius 3 is 2.60 bits per heavy atom. The van der Waals surface area contributed by atoms with Crippen LogP contribution in [0.3, 0.4) is 0 Å². The topological polar surface area (TPSA) is 48.1 Å². The van der Waals surface area contributed by atoms with E-state index in [0.717, 1.165) is 38.2 Å². The van der Waals surface area contributed by atoms with Gasteiger partial charge in [0.2, 0.25) is 0 Å². The monoisotopic (exact) mass is 335 g/mol. The maximum Gasteiger partial charge on any atom is 0.0991 e. The number of nitriles is 1. The lowest BCUT2D eigenvalue weighted by molar-refractivity contribution is 0.0696. The van der Waals surface area contributed by atoms with Crippen molar-refractivity contribution in [3.05, 3.63) is 61.3 Å². The molecule has 0 radical (unpaired) electrons. The Bertz CT molecular complexity index is 718. The summed E-state index contributed by atoms with van der Waals surface area (Å²) in [7, 11) is 2.04. The highest BCUT2D eigenvalue weighted by atomic mass is 15.2. The molecule has 25 heavy (non-hydrogen) atoms. The van der Waals surface area contributed by atoms with Crippen molar-refractivity contribution in [3.63, 3.8) is 0 Å². The lowest BCUT2D eigenvalue weighted by Gasteiger charge is -2.46. The number of imidazole rings is 1. The second-order valence-corrected chi connectivity index (χ2v) is 6.77. The van der Waals surface area contributed by atoms with E-state index < -0.39 is 0 Å². The van der Waals surface area contributed by atoms with E-state index in [-0.39, 0.29) is 5.54 Å². The van der Waals surface area contributed by atoms with Gasteiger partial charge >= 0.3 is 0 Å². The van der Waals surface area contributed by atoms with Crippen molar-refractivity contribution in [3.8, 4) is 11.8 Å². The highest BCUT2D eigenvalue weighted by molar-refractivity contribution is 5.34. The zero-order valence-electron chi connectivity index (χ0n) is 14.8. The molecule has 0 atom stereocenters. The third-order valence-electron chi connectivity index (χ3n) is 5.36. The number of hydrogen-bond acceptors (Lipinski definition) is 4. The molecule has 1 aromatic carbocycles. The highest BCUT2D eigenvalue weighted by Crippen LogP contribution is 2.32. The van der Waals surface area contributed by atoms with E-state index in [1.807, 2.05) is 30.3 Å². The molecule has 1 aromatic heterocycles. The third kappa shape index (κ3) is 3.75. The molecule has 1 fully saturated rings. The SMILES string of the molecule is C=CN(C)C1(CC#N)CCN(Cc2ccc(-n3ccnc3)cc2)CC1. The van der Waals surface area contributed by atoms with Crippen molar-refractivity contribution in [2.45, 2.75) is 31.3 Å². The van der Waals surface area contributed by atoms with Gasteiger partial charge in [-0.2, -0.15) is 5.26 Å². The molecule has 0 unspecified atom stereocenters. The molecular weight excluding hydrogens is 310 g/mol. The Morgan fingerprint density at radius 2 is 2.04 bits per heavy atom. The van der Waals surface area contributed by atoms with Crippen molar-refractivity contribution in [1.29, 1.82) is 5.26 Å². The summed E-state index contributed by atoms with van der Waals surface area (Å²) in [4.78, 5) is 8.69. The van der Waals surface area contributed by atoms with Gasteiger partial charge in [-0.3, -0.25) is 4.90 Å². The van der Waals surface area contributed by atoms with Crippen LogP contribution in [0.15, 0.2) is 55.8 Å². The summed E-state index contributed by atoms with van der Waals surface area (Å²) >= 11 is 0. The minimum Gasteiger partial charge on any atom is -0.374 e. The molecule has 5 nitrogen and oxygen atoms in total. The molecule has 0 bridgehead atoms. The Hall–Kier alpha value is -2.58. The Kier molecular flexibility index (Phi) is 5.20. The molecule has 2 aromatic rings. The zero-order valence-corrected chi connectivity index (χ0v) is 14.8. The standard InChI is InChI=1S/C20H25N5/c1-3-23(2)20(8-11-21)9-13-24(14-10-20)16-18-4-6-19(7-5-18)25-15-12-22-17-25/h3-7,12,15,17H,1,8-10,13-14,16H2,2H3. The molecule has 0 saturated carbocycles. The molecule has 0 amide bonds. The van der Waals surface area contributed by atoms with Gasteiger partial charge in [-0.1, -0.05) is 18.7 Å². The predicted molar refractivity (Wildman–Crippen MR) is 99.0 cm³/mol. The fraction of sp³-hybridized carbons (Fsp3) is 0.400. The zero-order chi connectivity index (χ0) is 17.7. The summed E-state index contributed by atoms with van der Waals surface area (Å²) < 4.78 is 2.01. The molecule has 2 heterocycles. The maximum atomic E-state index is 9.20. The van der Waals surface area contributed by atoms with Crippen LogP contribution in [0.4, 0.5) is 0 Å². The first-order valence-corrected chi connectivity index (χ1v) is 8.69. The van der Waals surface area contributed by atoms with E-state index in [2.05, 4.69) is 51.7 Å². The predicted octanol–water partition coefficient (Wildman–Crippen LogP) is 3.20. The van der Waals surface area contributed by atoms with Crippen LogP contribution in [0.1, 0.15) is 24.8 Å². The third-order valence-corrected chi connectivity index (χ3v) is 5.36. The van der Waals surface area contributed by atoms with E-state index in [1.54, 1.807) is 6.20 Å². The number of likely N-dealkylation sites (tertiary alicyclic amines) is 1. The van der Waals surface area contributed by atoms with E-state index in [0.29, 0.717) is 6.42 Å². The first-order valence-electron chi connectivity index (χ1n) is 8.69. The Morgan fingerprint density at radius 1 is 1.32 bits per heavy atom. The van der Waals surface area contributed by atoms with Crippen LogP contribution in [-0.4, -0.2) is 45.0 Å². The van der Waals surface area contributed by atoms with Gasteiger partial charge in [-0.25, -0.2) is 4.98 Å². The first-order chi connectivity index (χ1) is 12.2. The quantitative estimate of drug-likeness (QED) is 0.813. The van der Waals surface area contributed by atoms with Crippen molar-refractivity contribution >= 4 is 0 Å².